The highest BCUT2D eigenvalue weighted by Crippen LogP contribution is 2.14. The summed E-state index contributed by atoms with van der Waals surface area (Å²) in [6.45, 7) is 5.07. The molecule has 6 heteroatoms. The first-order valence-electron chi connectivity index (χ1n) is 7.66. The Hall–Kier alpha value is -2.89. The fraction of sp³-hybridized carbons (Fsp3) is 0.278. The van der Waals surface area contributed by atoms with Crippen molar-refractivity contribution in [1.29, 1.82) is 0 Å². The number of pyridine rings is 1. The van der Waals surface area contributed by atoms with E-state index in [0.29, 0.717) is 19.1 Å². The number of ether oxygens (including phenoxy) is 1. The van der Waals surface area contributed by atoms with E-state index in [4.69, 9.17) is 9.84 Å². The summed E-state index contributed by atoms with van der Waals surface area (Å²) in [6, 6.07) is 11.8. The highest BCUT2D eigenvalue weighted by molar-refractivity contribution is 5.94. The lowest BCUT2D eigenvalue weighted by atomic mass is 10.2. The van der Waals surface area contributed by atoms with Gasteiger partial charge in [-0.05, 0) is 35.7 Å². The van der Waals surface area contributed by atoms with Gasteiger partial charge in [0.25, 0.3) is 5.91 Å². The van der Waals surface area contributed by atoms with Crippen molar-refractivity contribution in [1.82, 2.24) is 10.3 Å². The molecule has 126 valence electrons. The number of carboxylic acids is 1. The number of rotatable bonds is 7. The van der Waals surface area contributed by atoms with E-state index < -0.39 is 11.9 Å². The van der Waals surface area contributed by atoms with E-state index in [1.165, 1.54) is 18.2 Å². The molecule has 2 N–H and O–H groups in total. The highest BCUT2D eigenvalue weighted by atomic mass is 16.5. The molecule has 2 aromatic rings. The average molecular weight is 328 g/mol. The van der Waals surface area contributed by atoms with Gasteiger partial charge in [0.15, 0.2) is 0 Å². The fourth-order valence-electron chi connectivity index (χ4n) is 1.96. The van der Waals surface area contributed by atoms with Crippen LogP contribution in [0.15, 0.2) is 42.5 Å². The van der Waals surface area contributed by atoms with Gasteiger partial charge in [-0.3, -0.25) is 4.79 Å². The molecule has 0 spiro atoms. The van der Waals surface area contributed by atoms with Crippen LogP contribution in [0.3, 0.4) is 0 Å². The third kappa shape index (κ3) is 5.08. The normalized spacial score (nSPS) is 10.5. The Kier molecular flexibility index (Phi) is 5.89. The van der Waals surface area contributed by atoms with E-state index in [1.54, 1.807) is 0 Å². The Morgan fingerprint density at radius 1 is 1.17 bits per heavy atom. The fourth-order valence-corrected chi connectivity index (χ4v) is 1.96. The van der Waals surface area contributed by atoms with E-state index in [9.17, 15) is 9.59 Å². The molecule has 0 aliphatic carbocycles. The highest BCUT2D eigenvalue weighted by Gasteiger charge is 2.11. The van der Waals surface area contributed by atoms with Gasteiger partial charge in [0.2, 0.25) is 0 Å². The number of carboxylic acid groups (broad SMARTS) is 1. The van der Waals surface area contributed by atoms with Crippen LogP contribution in [0.4, 0.5) is 0 Å². The minimum Gasteiger partial charge on any atom is -0.493 e. The van der Waals surface area contributed by atoms with E-state index in [1.807, 2.05) is 24.3 Å². The summed E-state index contributed by atoms with van der Waals surface area (Å²) in [7, 11) is 0. The van der Waals surface area contributed by atoms with Gasteiger partial charge in [0.05, 0.1) is 6.61 Å². The Labute approximate surface area is 140 Å². The number of carbonyl (C=O) groups is 2. The number of amides is 1. The van der Waals surface area contributed by atoms with Gasteiger partial charge in [-0.15, -0.1) is 0 Å². The minimum atomic E-state index is -1.17. The molecule has 0 unspecified atom stereocenters. The molecule has 2 rings (SSSR count). The van der Waals surface area contributed by atoms with E-state index >= 15 is 0 Å². The van der Waals surface area contributed by atoms with Gasteiger partial charge in [0, 0.05) is 6.54 Å². The van der Waals surface area contributed by atoms with Crippen LogP contribution in [0.25, 0.3) is 0 Å². The van der Waals surface area contributed by atoms with Crippen LogP contribution in [0, 0.1) is 5.92 Å². The summed E-state index contributed by atoms with van der Waals surface area (Å²) in [5, 5.41) is 11.6. The molecule has 1 aromatic carbocycles. The Balaban J connectivity index is 1.97. The lowest BCUT2D eigenvalue weighted by Crippen LogP contribution is -2.24. The van der Waals surface area contributed by atoms with Crippen molar-refractivity contribution in [3.8, 4) is 5.75 Å². The van der Waals surface area contributed by atoms with Gasteiger partial charge in [-0.2, -0.15) is 0 Å². The monoisotopic (exact) mass is 328 g/mol. The lowest BCUT2D eigenvalue weighted by molar-refractivity contribution is 0.0690. The van der Waals surface area contributed by atoms with Crippen LogP contribution < -0.4 is 10.1 Å². The average Bonchev–Trinajstić information content (AvgIpc) is 2.58. The number of hydrogen-bond acceptors (Lipinski definition) is 4. The van der Waals surface area contributed by atoms with Crippen molar-refractivity contribution in [3.05, 3.63) is 59.4 Å². The molecule has 0 aliphatic rings. The molecule has 0 bridgehead atoms. The second-order valence-electron chi connectivity index (χ2n) is 5.75. The SMILES string of the molecule is CC(C)COc1cccc(CNC(=O)c2cccc(C(=O)O)n2)c1. The summed E-state index contributed by atoms with van der Waals surface area (Å²) in [6.07, 6.45) is 0. The maximum absolute atomic E-state index is 12.1. The molecule has 0 aliphatic heterocycles. The number of hydrogen-bond donors (Lipinski definition) is 2. The van der Waals surface area contributed by atoms with Gasteiger partial charge in [-0.1, -0.05) is 32.0 Å². The Bertz CT molecular complexity index is 728. The first-order valence-corrected chi connectivity index (χ1v) is 7.66. The van der Waals surface area contributed by atoms with Crippen LogP contribution in [-0.4, -0.2) is 28.6 Å². The third-order valence-corrected chi connectivity index (χ3v) is 3.14. The van der Waals surface area contributed by atoms with Crippen molar-refractivity contribution < 1.29 is 19.4 Å². The maximum Gasteiger partial charge on any atom is 0.354 e. The lowest BCUT2D eigenvalue weighted by Gasteiger charge is -2.10. The van der Waals surface area contributed by atoms with E-state index in [-0.39, 0.29) is 11.4 Å². The number of benzene rings is 1. The predicted octanol–water partition coefficient (Wildman–Crippen LogP) is 2.74. The Morgan fingerprint density at radius 2 is 1.88 bits per heavy atom. The summed E-state index contributed by atoms with van der Waals surface area (Å²) in [5.74, 6) is -0.409. The minimum absolute atomic E-state index is 0.0714. The number of nitrogens with one attached hydrogen (secondary N) is 1. The zero-order valence-corrected chi connectivity index (χ0v) is 13.7. The molecule has 0 atom stereocenters. The van der Waals surface area contributed by atoms with E-state index in [2.05, 4.69) is 24.1 Å². The number of carbonyl (C=O) groups excluding carboxylic acids is 1. The number of nitrogens with zero attached hydrogens (tertiary/aromatic N) is 1. The molecule has 1 amide bonds. The van der Waals surface area contributed by atoms with Crippen LogP contribution >= 0.6 is 0 Å². The standard InChI is InChI=1S/C18H20N2O4/c1-12(2)11-24-14-6-3-5-13(9-14)10-19-17(21)15-7-4-8-16(20-15)18(22)23/h3-9,12H,10-11H2,1-2H3,(H,19,21)(H,22,23). The molecule has 6 nitrogen and oxygen atoms in total. The second-order valence-corrected chi connectivity index (χ2v) is 5.75. The van der Waals surface area contributed by atoms with Crippen LogP contribution in [0.5, 0.6) is 5.75 Å². The van der Waals surface area contributed by atoms with E-state index in [0.717, 1.165) is 11.3 Å². The first-order chi connectivity index (χ1) is 11.5. The zero-order chi connectivity index (χ0) is 17.5. The number of aromatic nitrogens is 1. The van der Waals surface area contributed by atoms with Crippen molar-refractivity contribution in [3.63, 3.8) is 0 Å². The van der Waals surface area contributed by atoms with Gasteiger partial charge < -0.3 is 15.2 Å². The quantitative estimate of drug-likeness (QED) is 0.816. The molecule has 1 heterocycles. The Morgan fingerprint density at radius 3 is 2.58 bits per heavy atom. The molecular weight excluding hydrogens is 308 g/mol. The van der Waals surface area contributed by atoms with Gasteiger partial charge in [-0.25, -0.2) is 9.78 Å². The van der Waals surface area contributed by atoms with Crippen molar-refractivity contribution >= 4 is 11.9 Å². The first kappa shape index (κ1) is 17.5. The van der Waals surface area contributed by atoms with Crippen LogP contribution in [-0.2, 0) is 6.54 Å². The summed E-state index contributed by atoms with van der Waals surface area (Å²) in [5.41, 5.74) is 0.799. The molecule has 0 radical (unpaired) electrons. The molecule has 24 heavy (non-hydrogen) atoms. The molecule has 0 saturated carbocycles. The maximum atomic E-state index is 12.1. The van der Waals surface area contributed by atoms with Crippen LogP contribution in [0.2, 0.25) is 0 Å². The largest absolute Gasteiger partial charge is 0.493 e. The summed E-state index contributed by atoms with van der Waals surface area (Å²) in [4.78, 5) is 26.8. The van der Waals surface area contributed by atoms with Crippen molar-refractivity contribution in [2.45, 2.75) is 20.4 Å². The molecule has 1 aromatic heterocycles. The number of aromatic carboxylic acids is 1. The summed E-state index contributed by atoms with van der Waals surface area (Å²) < 4.78 is 5.65. The van der Waals surface area contributed by atoms with Crippen molar-refractivity contribution in [2.75, 3.05) is 6.61 Å². The molecular formula is C18H20N2O4. The topological polar surface area (TPSA) is 88.5 Å². The van der Waals surface area contributed by atoms with Crippen LogP contribution in [0.1, 0.15) is 40.4 Å². The summed E-state index contributed by atoms with van der Waals surface area (Å²) >= 11 is 0. The van der Waals surface area contributed by atoms with Crippen molar-refractivity contribution in [2.24, 2.45) is 5.92 Å². The smallest absolute Gasteiger partial charge is 0.354 e. The predicted molar refractivity (Wildman–Crippen MR) is 89.1 cm³/mol. The van der Waals surface area contributed by atoms with Gasteiger partial charge >= 0.3 is 5.97 Å². The molecule has 0 saturated heterocycles. The zero-order valence-electron chi connectivity index (χ0n) is 13.7. The second kappa shape index (κ2) is 8.10. The van der Waals surface area contributed by atoms with Gasteiger partial charge in [0.1, 0.15) is 17.1 Å². The third-order valence-electron chi connectivity index (χ3n) is 3.14. The molecule has 0 fully saturated rings.